The number of hydrogen-bond donors (Lipinski definition) is 0. The first-order valence-corrected chi connectivity index (χ1v) is 9.37. The van der Waals surface area contributed by atoms with Crippen molar-refractivity contribution in [2.75, 3.05) is 27.4 Å². The third-order valence-electron chi connectivity index (χ3n) is 4.82. The normalized spacial score (nSPS) is 11.9. The van der Waals surface area contributed by atoms with Gasteiger partial charge in [0, 0.05) is 18.2 Å². The Morgan fingerprint density at radius 1 is 0.966 bits per heavy atom. The average molecular weight is 394 g/mol. The highest BCUT2D eigenvalue weighted by atomic mass is 16.5. The first-order valence-electron chi connectivity index (χ1n) is 9.37. The number of nitrogens with zero attached hydrogens (tertiary/aromatic N) is 2. The molecule has 0 aliphatic carbocycles. The van der Waals surface area contributed by atoms with Crippen LogP contribution in [0.5, 0.6) is 23.1 Å². The Kier molecular flexibility index (Phi) is 5.37. The van der Waals surface area contributed by atoms with E-state index in [0.29, 0.717) is 24.7 Å². The summed E-state index contributed by atoms with van der Waals surface area (Å²) in [4.78, 5) is 16.6. The summed E-state index contributed by atoms with van der Waals surface area (Å²) in [6.45, 7) is 1.19. The van der Waals surface area contributed by atoms with Crippen LogP contribution in [0.1, 0.15) is 5.56 Å². The minimum Gasteiger partial charge on any atom is -0.493 e. The lowest BCUT2D eigenvalue weighted by Gasteiger charge is -2.23. The lowest BCUT2D eigenvalue weighted by atomic mass is 9.97. The molecule has 7 heteroatoms. The van der Waals surface area contributed by atoms with Crippen molar-refractivity contribution in [1.82, 2.24) is 9.55 Å². The molecule has 0 radical (unpaired) electrons. The Hall–Kier alpha value is -3.48. The lowest BCUT2D eigenvalue weighted by molar-refractivity contribution is 0.211. The summed E-state index contributed by atoms with van der Waals surface area (Å²) in [6, 6.07) is 15.1. The van der Waals surface area contributed by atoms with Gasteiger partial charge in [0.05, 0.1) is 19.9 Å². The van der Waals surface area contributed by atoms with E-state index in [1.54, 1.807) is 24.9 Å². The molecule has 3 aromatic rings. The van der Waals surface area contributed by atoms with E-state index in [1.165, 1.54) is 0 Å². The molecule has 0 saturated carbocycles. The summed E-state index contributed by atoms with van der Waals surface area (Å²) < 4.78 is 23.8. The van der Waals surface area contributed by atoms with Crippen LogP contribution in [0.2, 0.25) is 0 Å². The first kappa shape index (κ1) is 18.9. The van der Waals surface area contributed by atoms with Crippen molar-refractivity contribution < 1.29 is 18.9 Å². The molecule has 150 valence electrons. The number of hydrogen-bond acceptors (Lipinski definition) is 6. The van der Waals surface area contributed by atoms with Crippen molar-refractivity contribution in [3.8, 4) is 34.4 Å². The number of para-hydroxylation sites is 1. The molecule has 0 spiro atoms. The van der Waals surface area contributed by atoms with Crippen LogP contribution in [-0.4, -0.2) is 37.0 Å². The van der Waals surface area contributed by atoms with Crippen LogP contribution in [0.4, 0.5) is 0 Å². The lowest BCUT2D eigenvalue weighted by Crippen LogP contribution is -2.28. The quantitative estimate of drug-likeness (QED) is 0.574. The molecule has 7 nitrogen and oxygen atoms in total. The number of methoxy groups -OCH3 is 2. The molecule has 0 N–H and O–H groups in total. The highest BCUT2D eigenvalue weighted by Crippen LogP contribution is 2.38. The number of aryl methyl sites for hydroxylation is 1. The van der Waals surface area contributed by atoms with Crippen molar-refractivity contribution >= 4 is 0 Å². The smallest absolute Gasteiger partial charge is 0.351 e. The van der Waals surface area contributed by atoms with E-state index >= 15 is 0 Å². The molecule has 2 aromatic carbocycles. The van der Waals surface area contributed by atoms with Crippen LogP contribution in [-0.2, 0) is 13.0 Å². The molecular formula is C22H22N2O5. The largest absolute Gasteiger partial charge is 0.493 e. The van der Waals surface area contributed by atoms with Crippen LogP contribution in [0, 0.1) is 0 Å². The zero-order chi connectivity index (χ0) is 20.2. The number of aromatic nitrogens is 2. The minimum atomic E-state index is -0.332. The standard InChI is InChI=1S/C22H22N2O5/c1-26-19-12-15-8-9-24-18(17(15)13-20(19)27-2)14-21(23-22(24)25)29-11-10-28-16-6-4-3-5-7-16/h3-7,12-14H,8-11H2,1-2H3. The molecule has 0 unspecified atom stereocenters. The van der Waals surface area contributed by atoms with Crippen LogP contribution >= 0.6 is 0 Å². The van der Waals surface area contributed by atoms with Crippen molar-refractivity contribution in [2.24, 2.45) is 0 Å². The van der Waals surface area contributed by atoms with Gasteiger partial charge in [-0.3, -0.25) is 4.57 Å². The molecule has 1 aliphatic heterocycles. The maximum Gasteiger partial charge on any atom is 0.351 e. The molecule has 0 atom stereocenters. The maximum atomic E-state index is 12.5. The Balaban J connectivity index is 1.56. The van der Waals surface area contributed by atoms with Crippen LogP contribution in [0.15, 0.2) is 53.3 Å². The first-order chi connectivity index (χ1) is 14.2. The third-order valence-corrected chi connectivity index (χ3v) is 4.82. The predicted octanol–water partition coefficient (Wildman–Crippen LogP) is 2.94. The number of rotatable bonds is 7. The molecule has 1 aliphatic rings. The zero-order valence-corrected chi connectivity index (χ0v) is 16.4. The van der Waals surface area contributed by atoms with Crippen molar-refractivity contribution in [3.63, 3.8) is 0 Å². The van der Waals surface area contributed by atoms with Gasteiger partial charge in [-0.25, -0.2) is 4.79 Å². The van der Waals surface area contributed by atoms with Gasteiger partial charge < -0.3 is 18.9 Å². The summed E-state index contributed by atoms with van der Waals surface area (Å²) in [5.41, 5.74) is 2.43. The van der Waals surface area contributed by atoms with E-state index in [4.69, 9.17) is 18.9 Å². The Morgan fingerprint density at radius 3 is 2.45 bits per heavy atom. The van der Waals surface area contributed by atoms with E-state index in [2.05, 4.69) is 4.98 Å². The van der Waals surface area contributed by atoms with Gasteiger partial charge >= 0.3 is 5.69 Å². The van der Waals surface area contributed by atoms with Gasteiger partial charge in [0.15, 0.2) is 11.5 Å². The van der Waals surface area contributed by atoms with Crippen molar-refractivity contribution in [3.05, 3.63) is 64.6 Å². The second-order valence-corrected chi connectivity index (χ2v) is 6.54. The molecule has 1 aromatic heterocycles. The van der Waals surface area contributed by atoms with Gasteiger partial charge in [-0.05, 0) is 36.2 Å². The molecule has 0 fully saturated rings. The Labute approximate surface area is 168 Å². The maximum absolute atomic E-state index is 12.5. The van der Waals surface area contributed by atoms with E-state index in [0.717, 1.165) is 29.0 Å². The highest BCUT2D eigenvalue weighted by molar-refractivity contribution is 5.70. The van der Waals surface area contributed by atoms with E-state index in [-0.39, 0.29) is 18.2 Å². The molecule has 4 rings (SSSR count). The fourth-order valence-electron chi connectivity index (χ4n) is 3.42. The van der Waals surface area contributed by atoms with Gasteiger partial charge in [0.1, 0.15) is 19.0 Å². The van der Waals surface area contributed by atoms with Gasteiger partial charge in [-0.2, -0.15) is 4.98 Å². The van der Waals surface area contributed by atoms with Crippen LogP contribution < -0.4 is 24.6 Å². The molecule has 29 heavy (non-hydrogen) atoms. The van der Waals surface area contributed by atoms with Crippen molar-refractivity contribution in [1.29, 1.82) is 0 Å². The van der Waals surface area contributed by atoms with E-state index < -0.39 is 0 Å². The van der Waals surface area contributed by atoms with Crippen molar-refractivity contribution in [2.45, 2.75) is 13.0 Å². The fourth-order valence-corrected chi connectivity index (χ4v) is 3.42. The van der Waals surface area contributed by atoms with E-state index in [1.807, 2.05) is 42.5 Å². The summed E-state index contributed by atoms with van der Waals surface area (Å²) in [6.07, 6.45) is 0.718. The van der Waals surface area contributed by atoms with Crippen LogP contribution in [0.25, 0.3) is 11.3 Å². The molecule has 0 saturated heterocycles. The van der Waals surface area contributed by atoms with E-state index in [9.17, 15) is 4.79 Å². The monoisotopic (exact) mass is 394 g/mol. The Bertz CT molecular complexity index is 1060. The third kappa shape index (κ3) is 3.89. The molecular weight excluding hydrogens is 372 g/mol. The fraction of sp³-hybridized carbons (Fsp3) is 0.273. The molecule has 0 bridgehead atoms. The van der Waals surface area contributed by atoms with Gasteiger partial charge in [0.25, 0.3) is 0 Å². The molecule has 2 heterocycles. The summed E-state index contributed by atoms with van der Waals surface area (Å²) in [7, 11) is 3.20. The number of fused-ring (bicyclic) bond motifs is 3. The summed E-state index contributed by atoms with van der Waals surface area (Å²) in [5.74, 6) is 2.33. The number of benzene rings is 2. The highest BCUT2D eigenvalue weighted by Gasteiger charge is 2.22. The van der Waals surface area contributed by atoms with Crippen LogP contribution in [0.3, 0.4) is 0 Å². The number of ether oxygens (including phenoxy) is 4. The zero-order valence-electron chi connectivity index (χ0n) is 16.4. The van der Waals surface area contributed by atoms with Gasteiger partial charge in [-0.1, -0.05) is 18.2 Å². The SMILES string of the molecule is COc1cc2c(cc1OC)-c1cc(OCCOc3ccccc3)nc(=O)n1CC2. The average Bonchev–Trinajstić information content (AvgIpc) is 2.76. The predicted molar refractivity (Wildman–Crippen MR) is 108 cm³/mol. The second-order valence-electron chi connectivity index (χ2n) is 6.54. The Morgan fingerprint density at radius 2 is 1.69 bits per heavy atom. The second kappa shape index (κ2) is 8.26. The molecule has 0 amide bonds. The van der Waals surface area contributed by atoms with Gasteiger partial charge in [0.2, 0.25) is 5.88 Å². The van der Waals surface area contributed by atoms with Gasteiger partial charge in [-0.15, -0.1) is 0 Å². The summed E-state index contributed by atoms with van der Waals surface area (Å²) >= 11 is 0. The summed E-state index contributed by atoms with van der Waals surface area (Å²) in [5, 5.41) is 0. The topological polar surface area (TPSA) is 71.8 Å². The minimum absolute atomic E-state index is 0.278.